The predicted octanol–water partition coefficient (Wildman–Crippen LogP) is 6.28. The number of carbonyl (C=O) groups is 1. The molecule has 1 aliphatic heterocycles. The number of hydrogen-bond donors (Lipinski definition) is 0. The monoisotopic (exact) mass is 448 g/mol. The minimum Gasteiger partial charge on any atom is -0.334 e. The lowest BCUT2D eigenvalue weighted by atomic mass is 9.94. The molecule has 1 fully saturated rings. The number of carbonyl (C=O) groups excluding carboxylic acids is 1. The van der Waals surface area contributed by atoms with Crippen LogP contribution in [0, 0.1) is 5.92 Å². The predicted molar refractivity (Wildman–Crippen MR) is 139 cm³/mol. The zero-order chi connectivity index (χ0) is 23.2. The average Bonchev–Trinajstić information content (AvgIpc) is 2.90. The van der Waals surface area contributed by atoms with Crippen LogP contribution in [0.15, 0.2) is 103 Å². The van der Waals surface area contributed by atoms with E-state index in [-0.39, 0.29) is 11.8 Å². The first-order valence-corrected chi connectivity index (χ1v) is 12.3. The van der Waals surface area contributed by atoms with Gasteiger partial charge in [0, 0.05) is 25.6 Å². The maximum atomic E-state index is 13.7. The van der Waals surface area contributed by atoms with Crippen molar-refractivity contribution in [3.8, 4) is 0 Å². The highest BCUT2D eigenvalue weighted by Crippen LogP contribution is 2.25. The van der Waals surface area contributed by atoms with E-state index < -0.39 is 0 Å². The summed E-state index contributed by atoms with van der Waals surface area (Å²) in [6.07, 6.45) is 1.84. The molecule has 0 N–H and O–H groups in total. The summed E-state index contributed by atoms with van der Waals surface area (Å²) in [6, 6.07) is 35.9. The van der Waals surface area contributed by atoms with Gasteiger partial charge in [0.25, 0.3) is 0 Å². The average molecular weight is 449 g/mol. The first-order valence-electron chi connectivity index (χ1n) is 12.3. The number of nitrogens with zero attached hydrogens (tertiary/aromatic N) is 2. The molecule has 0 radical (unpaired) electrons. The second-order valence-corrected chi connectivity index (χ2v) is 9.35. The normalized spacial score (nSPS) is 14.8. The van der Waals surface area contributed by atoms with Gasteiger partial charge in [-0.2, -0.15) is 0 Å². The molecule has 1 aliphatic rings. The number of rotatable bonds is 7. The number of likely N-dealkylation sites (tertiary alicyclic amines) is 1. The summed E-state index contributed by atoms with van der Waals surface area (Å²) in [4.78, 5) is 18.2. The van der Waals surface area contributed by atoms with Crippen molar-refractivity contribution in [2.45, 2.75) is 32.5 Å². The van der Waals surface area contributed by atoms with Gasteiger partial charge in [0.15, 0.2) is 0 Å². The van der Waals surface area contributed by atoms with E-state index in [9.17, 15) is 4.79 Å². The van der Waals surface area contributed by atoms with Crippen LogP contribution >= 0.6 is 0 Å². The molecule has 4 aromatic rings. The molecule has 172 valence electrons. The third-order valence-corrected chi connectivity index (χ3v) is 6.95. The molecule has 0 bridgehead atoms. The molecule has 0 atom stereocenters. The van der Waals surface area contributed by atoms with E-state index in [4.69, 9.17) is 0 Å². The van der Waals surface area contributed by atoms with E-state index >= 15 is 0 Å². The molecule has 0 aromatic heterocycles. The maximum absolute atomic E-state index is 13.7. The van der Waals surface area contributed by atoms with Crippen LogP contribution in [0.5, 0.6) is 0 Å². The zero-order valence-electron chi connectivity index (χ0n) is 19.6. The molecule has 0 saturated carbocycles. The summed E-state index contributed by atoms with van der Waals surface area (Å²) in [5.74, 6) is 0.383. The van der Waals surface area contributed by atoms with E-state index in [1.54, 1.807) is 0 Å². The highest BCUT2D eigenvalue weighted by molar-refractivity contribution is 5.85. The van der Waals surface area contributed by atoms with E-state index in [0.717, 1.165) is 32.5 Å². The van der Waals surface area contributed by atoms with Crippen molar-refractivity contribution in [2.24, 2.45) is 5.92 Å². The zero-order valence-corrected chi connectivity index (χ0v) is 19.6. The molecule has 0 aliphatic carbocycles. The maximum Gasteiger partial charge on any atom is 0.226 e. The topological polar surface area (TPSA) is 23.6 Å². The fourth-order valence-electron chi connectivity index (χ4n) is 5.09. The Morgan fingerprint density at radius 3 is 1.91 bits per heavy atom. The SMILES string of the molecule is O=C(C1CCN(Cc2cccc3ccccc23)CC1)N(Cc1ccccc1)Cc1ccccc1. The van der Waals surface area contributed by atoms with Crippen molar-refractivity contribution < 1.29 is 4.79 Å². The molecule has 34 heavy (non-hydrogen) atoms. The summed E-state index contributed by atoms with van der Waals surface area (Å²) in [5, 5.41) is 2.63. The van der Waals surface area contributed by atoms with Crippen molar-refractivity contribution in [1.29, 1.82) is 0 Å². The highest BCUT2D eigenvalue weighted by atomic mass is 16.2. The third-order valence-electron chi connectivity index (χ3n) is 6.95. The fourth-order valence-corrected chi connectivity index (χ4v) is 5.09. The number of amides is 1. The fraction of sp³-hybridized carbons (Fsp3) is 0.258. The van der Waals surface area contributed by atoms with Crippen LogP contribution in [0.1, 0.15) is 29.5 Å². The van der Waals surface area contributed by atoms with Crippen LogP contribution in [-0.2, 0) is 24.4 Å². The number of fused-ring (bicyclic) bond motifs is 1. The quantitative estimate of drug-likeness (QED) is 0.332. The molecule has 0 unspecified atom stereocenters. The Morgan fingerprint density at radius 1 is 0.706 bits per heavy atom. The second-order valence-electron chi connectivity index (χ2n) is 9.35. The first-order chi connectivity index (χ1) is 16.8. The molecule has 1 saturated heterocycles. The molecular formula is C31H32N2O. The molecule has 4 aromatic carbocycles. The van der Waals surface area contributed by atoms with Gasteiger partial charge in [0.2, 0.25) is 5.91 Å². The van der Waals surface area contributed by atoms with E-state index in [2.05, 4.69) is 76.5 Å². The van der Waals surface area contributed by atoms with E-state index in [1.165, 1.54) is 27.5 Å². The number of hydrogen-bond acceptors (Lipinski definition) is 2. The van der Waals surface area contributed by atoms with E-state index in [1.807, 2.05) is 36.4 Å². The first kappa shape index (κ1) is 22.4. The lowest BCUT2D eigenvalue weighted by Gasteiger charge is -2.34. The molecule has 5 rings (SSSR count). The Morgan fingerprint density at radius 2 is 1.26 bits per heavy atom. The minimum atomic E-state index is 0.0937. The van der Waals surface area contributed by atoms with Crippen molar-refractivity contribution >= 4 is 16.7 Å². The van der Waals surface area contributed by atoms with Crippen molar-refractivity contribution in [3.05, 3.63) is 120 Å². The molecule has 3 nitrogen and oxygen atoms in total. The van der Waals surface area contributed by atoms with Gasteiger partial charge < -0.3 is 4.90 Å². The van der Waals surface area contributed by atoms with Crippen molar-refractivity contribution in [2.75, 3.05) is 13.1 Å². The molecule has 3 heteroatoms. The Labute approximate surface area is 202 Å². The minimum absolute atomic E-state index is 0.0937. The highest BCUT2D eigenvalue weighted by Gasteiger charge is 2.29. The van der Waals surface area contributed by atoms with Gasteiger partial charge in [0.1, 0.15) is 0 Å². The standard InChI is InChI=1S/C31H32N2O/c34-31(33(22-25-10-3-1-4-11-25)23-26-12-5-2-6-13-26)28-18-20-32(21-19-28)24-29-16-9-15-27-14-7-8-17-30(27)29/h1-17,28H,18-24H2. The van der Waals surface area contributed by atoms with Crippen LogP contribution < -0.4 is 0 Å². The van der Waals surface area contributed by atoms with Gasteiger partial charge >= 0.3 is 0 Å². The molecular weight excluding hydrogens is 416 g/mol. The lowest BCUT2D eigenvalue weighted by molar-refractivity contribution is -0.138. The van der Waals surface area contributed by atoms with Gasteiger partial charge in [-0.1, -0.05) is 103 Å². The molecule has 0 spiro atoms. The van der Waals surface area contributed by atoms with E-state index in [0.29, 0.717) is 13.1 Å². The van der Waals surface area contributed by atoms with Crippen molar-refractivity contribution in [3.63, 3.8) is 0 Å². The Kier molecular flexibility index (Phi) is 7.02. The third kappa shape index (κ3) is 5.37. The van der Waals surface area contributed by atoms with Crippen LogP contribution in [0.3, 0.4) is 0 Å². The molecule has 1 amide bonds. The Bertz CT molecular complexity index is 1170. The van der Waals surface area contributed by atoms with Crippen molar-refractivity contribution in [1.82, 2.24) is 9.80 Å². The summed E-state index contributed by atoms with van der Waals surface area (Å²) < 4.78 is 0. The van der Waals surface area contributed by atoms with Crippen LogP contribution in [0.2, 0.25) is 0 Å². The summed E-state index contributed by atoms with van der Waals surface area (Å²) in [7, 11) is 0. The van der Waals surface area contributed by atoms with Crippen LogP contribution in [0.25, 0.3) is 10.8 Å². The summed E-state index contributed by atoms with van der Waals surface area (Å²) in [5.41, 5.74) is 3.73. The van der Waals surface area contributed by atoms with Crippen LogP contribution in [-0.4, -0.2) is 28.8 Å². The Balaban J connectivity index is 1.25. The second kappa shape index (κ2) is 10.7. The largest absolute Gasteiger partial charge is 0.334 e. The van der Waals surface area contributed by atoms with Gasteiger partial charge in [-0.25, -0.2) is 0 Å². The van der Waals surface area contributed by atoms with Crippen LogP contribution in [0.4, 0.5) is 0 Å². The number of piperidine rings is 1. The van der Waals surface area contributed by atoms with Gasteiger partial charge in [-0.3, -0.25) is 9.69 Å². The lowest BCUT2D eigenvalue weighted by Crippen LogP contribution is -2.42. The van der Waals surface area contributed by atoms with Gasteiger partial charge in [-0.05, 0) is 53.4 Å². The Hall–Kier alpha value is -3.43. The molecule has 1 heterocycles. The summed E-state index contributed by atoms with van der Waals surface area (Å²) in [6.45, 7) is 4.18. The number of benzene rings is 4. The van der Waals surface area contributed by atoms with Gasteiger partial charge in [0.05, 0.1) is 0 Å². The smallest absolute Gasteiger partial charge is 0.226 e. The van der Waals surface area contributed by atoms with Gasteiger partial charge in [-0.15, -0.1) is 0 Å². The summed E-state index contributed by atoms with van der Waals surface area (Å²) >= 11 is 0.